The lowest BCUT2D eigenvalue weighted by Gasteiger charge is -2.24. The van der Waals surface area contributed by atoms with Gasteiger partial charge in [0.25, 0.3) is 0 Å². The van der Waals surface area contributed by atoms with Crippen molar-refractivity contribution in [1.82, 2.24) is 5.32 Å². The van der Waals surface area contributed by atoms with Crippen LogP contribution in [0, 0.1) is 6.92 Å². The van der Waals surface area contributed by atoms with Crippen molar-refractivity contribution in [3.05, 3.63) is 29.3 Å². The van der Waals surface area contributed by atoms with Crippen molar-refractivity contribution in [3.8, 4) is 0 Å². The smallest absolute Gasteiger partial charge is 0.248 e. The fourth-order valence-corrected chi connectivity index (χ4v) is 2.04. The number of carbonyl (C=O) groups excluding carboxylic acids is 1. The fourth-order valence-electron chi connectivity index (χ4n) is 2.04. The van der Waals surface area contributed by atoms with Gasteiger partial charge in [-0.15, -0.1) is 0 Å². The Balaban J connectivity index is 1.93. The first-order valence-corrected chi connectivity index (χ1v) is 6.12. The van der Waals surface area contributed by atoms with E-state index in [9.17, 15) is 4.79 Å². The summed E-state index contributed by atoms with van der Waals surface area (Å²) in [4.78, 5) is 11.1. The molecule has 1 aliphatic heterocycles. The number of morpholine rings is 1. The number of hydrogen-bond donors (Lipinski definition) is 3. The van der Waals surface area contributed by atoms with E-state index in [0.29, 0.717) is 11.6 Å². The first kappa shape index (κ1) is 12.9. The third kappa shape index (κ3) is 3.21. The molecule has 1 amide bonds. The predicted octanol–water partition coefficient (Wildman–Crippen LogP) is 0.494. The van der Waals surface area contributed by atoms with E-state index in [1.807, 2.05) is 19.1 Å². The molecule has 2 rings (SSSR count). The summed E-state index contributed by atoms with van der Waals surface area (Å²) in [7, 11) is 0. The first-order chi connectivity index (χ1) is 8.66. The Labute approximate surface area is 107 Å². The Bertz CT molecular complexity index is 428. The van der Waals surface area contributed by atoms with Gasteiger partial charge in [0.15, 0.2) is 0 Å². The van der Waals surface area contributed by atoms with Crippen LogP contribution in [-0.4, -0.2) is 38.3 Å². The number of rotatable bonds is 4. The van der Waals surface area contributed by atoms with Crippen LogP contribution in [-0.2, 0) is 4.74 Å². The zero-order valence-corrected chi connectivity index (χ0v) is 10.5. The third-order valence-electron chi connectivity index (χ3n) is 3.04. The molecule has 1 atom stereocenters. The highest BCUT2D eigenvalue weighted by molar-refractivity contribution is 5.94. The van der Waals surface area contributed by atoms with Gasteiger partial charge in [-0.1, -0.05) is 0 Å². The molecule has 0 saturated carbocycles. The lowest BCUT2D eigenvalue weighted by atomic mass is 10.1. The van der Waals surface area contributed by atoms with Crippen LogP contribution in [0.4, 0.5) is 5.69 Å². The molecule has 1 heterocycles. The molecule has 0 aromatic heterocycles. The molecule has 0 radical (unpaired) electrons. The summed E-state index contributed by atoms with van der Waals surface area (Å²) in [5.41, 5.74) is 7.72. The molecule has 1 fully saturated rings. The van der Waals surface area contributed by atoms with Crippen molar-refractivity contribution in [2.75, 3.05) is 31.6 Å². The van der Waals surface area contributed by atoms with Gasteiger partial charge in [-0.25, -0.2) is 0 Å². The molecule has 1 aromatic carbocycles. The molecule has 5 nitrogen and oxygen atoms in total. The number of amides is 1. The molecular formula is C13H19N3O2. The van der Waals surface area contributed by atoms with E-state index in [1.54, 1.807) is 6.07 Å². The number of carbonyl (C=O) groups is 1. The molecule has 1 saturated heterocycles. The van der Waals surface area contributed by atoms with Crippen LogP contribution < -0.4 is 16.4 Å². The topological polar surface area (TPSA) is 76.4 Å². The second-order valence-corrected chi connectivity index (χ2v) is 4.50. The predicted molar refractivity (Wildman–Crippen MR) is 70.8 cm³/mol. The number of primary amides is 1. The molecule has 0 bridgehead atoms. The highest BCUT2D eigenvalue weighted by Crippen LogP contribution is 2.14. The summed E-state index contributed by atoms with van der Waals surface area (Å²) in [6.07, 6.45) is 0. The number of ether oxygens (including phenoxy) is 1. The standard InChI is InChI=1S/C13H19N3O2/c1-9-6-10(2-3-12(9)13(14)17)16-7-11-8-18-5-4-15-11/h2-3,6,11,15-16H,4-5,7-8H2,1H3,(H2,14,17). The van der Waals surface area contributed by atoms with E-state index < -0.39 is 0 Å². The normalized spacial score (nSPS) is 19.5. The van der Waals surface area contributed by atoms with Crippen LogP contribution in [0.1, 0.15) is 15.9 Å². The van der Waals surface area contributed by atoms with E-state index >= 15 is 0 Å². The maximum atomic E-state index is 11.1. The van der Waals surface area contributed by atoms with Crippen molar-refractivity contribution in [1.29, 1.82) is 0 Å². The van der Waals surface area contributed by atoms with Crippen molar-refractivity contribution >= 4 is 11.6 Å². The summed E-state index contributed by atoms with van der Waals surface area (Å²) < 4.78 is 5.38. The van der Waals surface area contributed by atoms with Gasteiger partial charge in [0, 0.05) is 30.4 Å². The zero-order chi connectivity index (χ0) is 13.0. The first-order valence-electron chi connectivity index (χ1n) is 6.12. The second kappa shape index (κ2) is 5.84. The van der Waals surface area contributed by atoms with Gasteiger partial charge >= 0.3 is 0 Å². The van der Waals surface area contributed by atoms with Crippen molar-refractivity contribution in [2.24, 2.45) is 5.73 Å². The van der Waals surface area contributed by atoms with Gasteiger partial charge in [0.05, 0.1) is 13.2 Å². The van der Waals surface area contributed by atoms with Gasteiger partial charge in [-0.3, -0.25) is 4.79 Å². The molecule has 1 aromatic rings. The van der Waals surface area contributed by atoms with Crippen molar-refractivity contribution in [3.63, 3.8) is 0 Å². The second-order valence-electron chi connectivity index (χ2n) is 4.50. The van der Waals surface area contributed by atoms with Crippen LogP contribution >= 0.6 is 0 Å². The largest absolute Gasteiger partial charge is 0.383 e. The molecule has 1 unspecified atom stereocenters. The summed E-state index contributed by atoms with van der Waals surface area (Å²) in [6, 6.07) is 5.89. The molecule has 1 aliphatic rings. The fraction of sp³-hybridized carbons (Fsp3) is 0.462. The van der Waals surface area contributed by atoms with Crippen LogP contribution in [0.5, 0.6) is 0 Å². The molecular weight excluding hydrogens is 230 g/mol. The van der Waals surface area contributed by atoms with Gasteiger partial charge in [0.1, 0.15) is 0 Å². The quantitative estimate of drug-likeness (QED) is 0.726. The van der Waals surface area contributed by atoms with Gasteiger partial charge in [0.2, 0.25) is 5.91 Å². The Hall–Kier alpha value is -1.59. The minimum absolute atomic E-state index is 0.329. The Kier molecular flexibility index (Phi) is 4.17. The van der Waals surface area contributed by atoms with Gasteiger partial charge in [-0.05, 0) is 30.7 Å². The van der Waals surface area contributed by atoms with E-state index in [4.69, 9.17) is 10.5 Å². The number of nitrogens with two attached hydrogens (primary N) is 1. The van der Waals surface area contributed by atoms with Crippen LogP contribution in [0.25, 0.3) is 0 Å². The number of anilines is 1. The number of benzene rings is 1. The minimum Gasteiger partial charge on any atom is -0.383 e. The number of nitrogens with one attached hydrogen (secondary N) is 2. The summed E-state index contributed by atoms with van der Waals surface area (Å²) in [5, 5.41) is 6.70. The van der Waals surface area contributed by atoms with E-state index in [-0.39, 0.29) is 5.91 Å². The molecule has 0 aliphatic carbocycles. The number of hydrogen-bond acceptors (Lipinski definition) is 4. The lowest BCUT2D eigenvalue weighted by molar-refractivity contribution is 0.0806. The Morgan fingerprint density at radius 2 is 2.44 bits per heavy atom. The average Bonchev–Trinajstić information content (AvgIpc) is 2.37. The minimum atomic E-state index is -0.388. The summed E-state index contributed by atoms with van der Waals surface area (Å²) in [6.45, 7) is 5.09. The SMILES string of the molecule is Cc1cc(NCC2COCCN2)ccc1C(N)=O. The Morgan fingerprint density at radius 3 is 3.06 bits per heavy atom. The molecule has 4 N–H and O–H groups in total. The van der Waals surface area contributed by atoms with Gasteiger partial charge in [-0.2, -0.15) is 0 Å². The average molecular weight is 249 g/mol. The zero-order valence-electron chi connectivity index (χ0n) is 10.5. The third-order valence-corrected chi connectivity index (χ3v) is 3.04. The molecule has 0 spiro atoms. The highest BCUT2D eigenvalue weighted by Gasteiger charge is 2.12. The molecule has 5 heteroatoms. The van der Waals surface area contributed by atoms with E-state index in [0.717, 1.165) is 37.6 Å². The van der Waals surface area contributed by atoms with Crippen molar-refractivity contribution < 1.29 is 9.53 Å². The van der Waals surface area contributed by atoms with Crippen LogP contribution in [0.3, 0.4) is 0 Å². The maximum Gasteiger partial charge on any atom is 0.248 e. The van der Waals surface area contributed by atoms with Crippen LogP contribution in [0.2, 0.25) is 0 Å². The van der Waals surface area contributed by atoms with Gasteiger partial charge < -0.3 is 21.1 Å². The maximum absolute atomic E-state index is 11.1. The summed E-state index contributed by atoms with van der Waals surface area (Å²) in [5.74, 6) is -0.388. The molecule has 18 heavy (non-hydrogen) atoms. The lowest BCUT2D eigenvalue weighted by Crippen LogP contribution is -2.45. The Morgan fingerprint density at radius 1 is 1.61 bits per heavy atom. The van der Waals surface area contributed by atoms with Crippen LogP contribution in [0.15, 0.2) is 18.2 Å². The molecule has 98 valence electrons. The number of aryl methyl sites for hydroxylation is 1. The highest BCUT2D eigenvalue weighted by atomic mass is 16.5. The van der Waals surface area contributed by atoms with E-state index in [1.165, 1.54) is 0 Å². The van der Waals surface area contributed by atoms with Crippen molar-refractivity contribution in [2.45, 2.75) is 13.0 Å². The van der Waals surface area contributed by atoms with E-state index in [2.05, 4.69) is 10.6 Å². The monoisotopic (exact) mass is 249 g/mol. The summed E-state index contributed by atoms with van der Waals surface area (Å²) >= 11 is 0.